The van der Waals surface area contributed by atoms with Crippen molar-refractivity contribution in [2.75, 3.05) is 0 Å². The molecule has 0 radical (unpaired) electrons. The topological polar surface area (TPSA) is 101 Å². The summed E-state index contributed by atoms with van der Waals surface area (Å²) in [5, 5.41) is 4.12. The average molecular weight is 171 g/mol. The van der Waals surface area contributed by atoms with Crippen LogP contribution in [0, 0.1) is 0 Å². The molecule has 0 saturated carbocycles. The zero-order valence-electron chi connectivity index (χ0n) is 6.51. The second-order valence-electron chi connectivity index (χ2n) is 2.76. The summed E-state index contributed by atoms with van der Waals surface area (Å²) in [6.45, 7) is 1.30. The summed E-state index contributed by atoms with van der Waals surface area (Å²) in [5.74, 6) is -0.919. The molecule has 0 aromatic rings. The molecule has 1 aliphatic heterocycles. The van der Waals surface area contributed by atoms with Gasteiger partial charge in [-0.15, -0.1) is 0 Å². The molecule has 66 valence electrons. The van der Waals surface area contributed by atoms with E-state index in [1.807, 2.05) is 5.32 Å². The van der Waals surface area contributed by atoms with Gasteiger partial charge in [0, 0.05) is 0 Å². The molecular formula is C6H9N3O3. The van der Waals surface area contributed by atoms with E-state index in [0.717, 1.165) is 0 Å². The highest BCUT2D eigenvalue weighted by molar-refractivity contribution is 6.08. The number of urea groups is 1. The summed E-state index contributed by atoms with van der Waals surface area (Å²) < 4.78 is 0. The number of imide groups is 1. The minimum atomic E-state index is -1.55. The van der Waals surface area contributed by atoms with Gasteiger partial charge in [0.2, 0.25) is 0 Å². The molecular weight excluding hydrogens is 162 g/mol. The maximum atomic E-state index is 11.0. The van der Waals surface area contributed by atoms with Gasteiger partial charge in [-0.3, -0.25) is 14.9 Å². The van der Waals surface area contributed by atoms with Crippen LogP contribution in [0.4, 0.5) is 4.79 Å². The normalized spacial score (nSPS) is 28.2. The number of hydrogen-bond donors (Lipinski definition) is 3. The van der Waals surface area contributed by atoms with E-state index >= 15 is 0 Å². The summed E-state index contributed by atoms with van der Waals surface area (Å²) in [7, 11) is 0. The van der Waals surface area contributed by atoms with Crippen LogP contribution in [0.15, 0.2) is 0 Å². The van der Waals surface area contributed by atoms with Gasteiger partial charge in [-0.1, -0.05) is 0 Å². The lowest BCUT2D eigenvalue weighted by Gasteiger charge is -2.17. The van der Waals surface area contributed by atoms with Gasteiger partial charge in [-0.05, 0) is 6.92 Å². The van der Waals surface area contributed by atoms with E-state index in [9.17, 15) is 14.4 Å². The van der Waals surface area contributed by atoms with Crippen LogP contribution >= 0.6 is 0 Å². The maximum absolute atomic E-state index is 11.0. The first-order valence-electron chi connectivity index (χ1n) is 3.36. The van der Waals surface area contributed by atoms with Gasteiger partial charge in [-0.2, -0.15) is 0 Å². The summed E-state index contributed by atoms with van der Waals surface area (Å²) in [4.78, 5) is 32.2. The second-order valence-corrected chi connectivity index (χ2v) is 2.76. The lowest BCUT2D eigenvalue weighted by Crippen LogP contribution is -2.56. The van der Waals surface area contributed by atoms with E-state index in [1.54, 1.807) is 0 Å². The number of nitrogens with two attached hydrogens (primary N) is 1. The van der Waals surface area contributed by atoms with Crippen molar-refractivity contribution in [3.8, 4) is 0 Å². The van der Waals surface area contributed by atoms with Crippen molar-refractivity contribution < 1.29 is 14.4 Å². The first kappa shape index (κ1) is 8.66. The van der Waals surface area contributed by atoms with Gasteiger partial charge in [0.15, 0.2) is 5.66 Å². The molecule has 1 rings (SSSR count). The molecule has 1 atom stereocenters. The molecule has 3 amide bonds. The Hall–Kier alpha value is -1.43. The molecule has 1 unspecified atom stereocenters. The van der Waals surface area contributed by atoms with E-state index in [4.69, 9.17) is 5.73 Å². The standard InChI is InChI=1S/C6H9N3O3/c1-3(10)2-6(7)4(11)8-5(12)9-6/h2,7H2,1H3,(H2,8,9,11,12). The highest BCUT2D eigenvalue weighted by Crippen LogP contribution is 2.08. The summed E-state index contributed by atoms with van der Waals surface area (Å²) in [5.41, 5.74) is 3.88. The summed E-state index contributed by atoms with van der Waals surface area (Å²) in [6, 6.07) is -0.663. The number of amides is 3. The van der Waals surface area contributed by atoms with Crippen LogP contribution in [0.2, 0.25) is 0 Å². The van der Waals surface area contributed by atoms with E-state index < -0.39 is 17.6 Å². The van der Waals surface area contributed by atoms with Gasteiger partial charge in [0.25, 0.3) is 5.91 Å². The van der Waals surface area contributed by atoms with Crippen molar-refractivity contribution in [2.24, 2.45) is 5.73 Å². The molecule has 4 N–H and O–H groups in total. The Bertz CT molecular complexity index is 263. The number of nitrogens with one attached hydrogen (secondary N) is 2. The van der Waals surface area contributed by atoms with E-state index in [0.29, 0.717) is 0 Å². The Morgan fingerprint density at radius 1 is 1.58 bits per heavy atom. The Balaban J connectivity index is 2.77. The van der Waals surface area contributed by atoms with Crippen LogP contribution in [0.25, 0.3) is 0 Å². The number of carbonyl (C=O) groups is 3. The number of rotatable bonds is 2. The number of Topliss-reactive ketones (excluding diaryl/α,β-unsaturated/α-hetero) is 1. The van der Waals surface area contributed by atoms with Crippen LogP contribution in [0.5, 0.6) is 0 Å². The summed E-state index contributed by atoms with van der Waals surface area (Å²) in [6.07, 6.45) is -0.190. The van der Waals surface area contributed by atoms with Crippen molar-refractivity contribution in [1.82, 2.24) is 10.6 Å². The van der Waals surface area contributed by atoms with E-state index in [-0.39, 0.29) is 12.2 Å². The van der Waals surface area contributed by atoms with Crippen LogP contribution in [0.1, 0.15) is 13.3 Å². The molecule has 0 bridgehead atoms. The molecule has 12 heavy (non-hydrogen) atoms. The molecule has 6 nitrogen and oxygen atoms in total. The molecule has 0 aromatic heterocycles. The van der Waals surface area contributed by atoms with Gasteiger partial charge >= 0.3 is 6.03 Å². The fraction of sp³-hybridized carbons (Fsp3) is 0.500. The first-order valence-corrected chi connectivity index (χ1v) is 3.36. The smallest absolute Gasteiger partial charge is 0.311 e. The molecule has 1 fully saturated rings. The van der Waals surface area contributed by atoms with Crippen molar-refractivity contribution in [3.05, 3.63) is 0 Å². The predicted molar refractivity (Wildman–Crippen MR) is 38.9 cm³/mol. The third-order valence-corrected chi connectivity index (χ3v) is 1.50. The minimum absolute atomic E-state index is 0.190. The van der Waals surface area contributed by atoms with Crippen LogP contribution in [0.3, 0.4) is 0 Å². The second kappa shape index (κ2) is 2.56. The van der Waals surface area contributed by atoms with E-state index in [1.165, 1.54) is 6.92 Å². The van der Waals surface area contributed by atoms with Crippen LogP contribution in [-0.2, 0) is 9.59 Å². The SMILES string of the molecule is CC(=O)CC1(N)NC(=O)NC1=O. The Morgan fingerprint density at radius 3 is 2.50 bits per heavy atom. The fourth-order valence-corrected chi connectivity index (χ4v) is 1.02. The average Bonchev–Trinajstić information content (AvgIpc) is 2.04. The van der Waals surface area contributed by atoms with Gasteiger partial charge in [0.05, 0.1) is 6.42 Å². The van der Waals surface area contributed by atoms with Crippen molar-refractivity contribution in [1.29, 1.82) is 0 Å². The third kappa shape index (κ3) is 1.42. The van der Waals surface area contributed by atoms with Gasteiger partial charge in [0.1, 0.15) is 5.78 Å². The zero-order valence-corrected chi connectivity index (χ0v) is 6.51. The fourth-order valence-electron chi connectivity index (χ4n) is 1.02. The zero-order chi connectivity index (χ0) is 9.35. The number of hydrogen-bond acceptors (Lipinski definition) is 4. The van der Waals surface area contributed by atoms with Crippen molar-refractivity contribution in [2.45, 2.75) is 19.0 Å². The third-order valence-electron chi connectivity index (χ3n) is 1.50. The van der Waals surface area contributed by atoms with Crippen LogP contribution in [-0.4, -0.2) is 23.4 Å². The predicted octanol–water partition coefficient (Wildman–Crippen LogP) is -1.54. The lowest BCUT2D eigenvalue weighted by molar-refractivity contribution is -0.128. The van der Waals surface area contributed by atoms with Gasteiger partial charge < -0.3 is 11.1 Å². The van der Waals surface area contributed by atoms with Crippen LogP contribution < -0.4 is 16.4 Å². The largest absolute Gasteiger partial charge is 0.323 e. The quantitative estimate of drug-likeness (QED) is 0.438. The molecule has 0 spiro atoms. The maximum Gasteiger partial charge on any atom is 0.323 e. The number of carbonyl (C=O) groups excluding carboxylic acids is 3. The minimum Gasteiger partial charge on any atom is -0.311 e. The van der Waals surface area contributed by atoms with Gasteiger partial charge in [-0.25, -0.2) is 4.79 Å². The highest BCUT2D eigenvalue weighted by Gasteiger charge is 2.43. The Labute approximate surface area is 68.5 Å². The first-order chi connectivity index (χ1) is 5.44. The monoisotopic (exact) mass is 171 g/mol. The van der Waals surface area contributed by atoms with Crippen molar-refractivity contribution >= 4 is 17.7 Å². The van der Waals surface area contributed by atoms with E-state index in [2.05, 4.69) is 5.32 Å². The number of ketones is 1. The molecule has 1 heterocycles. The molecule has 0 aliphatic carbocycles. The molecule has 1 saturated heterocycles. The van der Waals surface area contributed by atoms with Crippen molar-refractivity contribution in [3.63, 3.8) is 0 Å². The lowest BCUT2D eigenvalue weighted by atomic mass is 10.1. The Kier molecular flexibility index (Phi) is 1.85. The highest BCUT2D eigenvalue weighted by atomic mass is 16.2. The molecule has 6 heteroatoms. The summed E-state index contributed by atoms with van der Waals surface area (Å²) >= 11 is 0. The Morgan fingerprint density at radius 2 is 2.17 bits per heavy atom. The molecule has 1 aliphatic rings. The molecule has 0 aromatic carbocycles.